The Morgan fingerprint density at radius 1 is 1.43 bits per heavy atom. The average molecular weight is 195 g/mol. The first-order valence-corrected chi connectivity index (χ1v) is 3.94. The molecule has 0 saturated carbocycles. The smallest absolute Gasteiger partial charge is 0.205 e. The van der Waals surface area contributed by atoms with Crippen LogP contribution in [0.2, 0.25) is 0 Å². The average Bonchev–Trinajstić information content (AvgIpc) is 2.51. The van der Waals surface area contributed by atoms with Crippen molar-refractivity contribution in [3.63, 3.8) is 0 Å². The van der Waals surface area contributed by atoms with Gasteiger partial charge in [0, 0.05) is 14.0 Å². The summed E-state index contributed by atoms with van der Waals surface area (Å²) in [6, 6.07) is 0. The van der Waals surface area contributed by atoms with Crippen LogP contribution in [-0.2, 0) is 16.6 Å². The molecule has 0 N–H and O–H groups in total. The van der Waals surface area contributed by atoms with Crippen molar-refractivity contribution < 1.29 is 14.4 Å². The van der Waals surface area contributed by atoms with Gasteiger partial charge in [0.15, 0.2) is 11.6 Å². The Morgan fingerprint density at radius 3 is 2.50 bits per heavy atom. The minimum absolute atomic E-state index is 0.0992. The molecular formula is C8H9N3O3. The van der Waals surface area contributed by atoms with Crippen LogP contribution in [0.4, 0.5) is 0 Å². The molecule has 0 atom stereocenters. The van der Waals surface area contributed by atoms with Crippen molar-refractivity contribution in [2.24, 2.45) is 7.05 Å². The number of nitrogens with zero attached hydrogens (tertiary/aromatic N) is 3. The summed E-state index contributed by atoms with van der Waals surface area (Å²) in [5.74, 6) is -1.82. The number of Topliss-reactive ketones (excluding diaryl/α,β-unsaturated/α-hetero) is 3. The Balaban J connectivity index is 2.68. The molecule has 0 spiro atoms. The van der Waals surface area contributed by atoms with Gasteiger partial charge in [0.05, 0.1) is 12.6 Å². The van der Waals surface area contributed by atoms with Gasteiger partial charge in [0.2, 0.25) is 5.78 Å². The van der Waals surface area contributed by atoms with Gasteiger partial charge in [-0.2, -0.15) is 15.0 Å². The highest BCUT2D eigenvalue weighted by Crippen LogP contribution is 1.98. The lowest BCUT2D eigenvalue weighted by molar-refractivity contribution is -0.134. The van der Waals surface area contributed by atoms with Gasteiger partial charge in [-0.3, -0.25) is 14.4 Å². The largest absolute Gasteiger partial charge is 0.292 e. The first kappa shape index (κ1) is 10.2. The number of aromatic nitrogens is 3. The van der Waals surface area contributed by atoms with Crippen LogP contribution in [0.3, 0.4) is 0 Å². The third-order valence-corrected chi connectivity index (χ3v) is 1.60. The first-order chi connectivity index (χ1) is 6.50. The summed E-state index contributed by atoms with van der Waals surface area (Å²) in [7, 11) is 1.56. The van der Waals surface area contributed by atoms with E-state index in [9.17, 15) is 14.4 Å². The van der Waals surface area contributed by atoms with E-state index in [1.807, 2.05) is 0 Å². The van der Waals surface area contributed by atoms with Gasteiger partial charge < -0.3 is 0 Å². The van der Waals surface area contributed by atoms with E-state index in [4.69, 9.17) is 0 Å². The second-order valence-corrected chi connectivity index (χ2v) is 2.80. The predicted molar refractivity (Wildman–Crippen MR) is 45.6 cm³/mol. The zero-order chi connectivity index (χ0) is 10.7. The number of hydrogen-bond donors (Lipinski definition) is 0. The lowest BCUT2D eigenvalue weighted by Crippen LogP contribution is -2.15. The fraction of sp³-hybridized carbons (Fsp3) is 0.375. The molecular weight excluding hydrogens is 186 g/mol. The predicted octanol–water partition coefficient (Wildman–Crippen LogP) is -0.454. The Labute approximate surface area is 79.9 Å². The number of ketones is 3. The van der Waals surface area contributed by atoms with E-state index < -0.39 is 23.8 Å². The van der Waals surface area contributed by atoms with Crippen LogP contribution >= 0.6 is 0 Å². The molecule has 0 aromatic carbocycles. The zero-order valence-electron chi connectivity index (χ0n) is 7.85. The van der Waals surface area contributed by atoms with Crippen molar-refractivity contribution in [2.45, 2.75) is 13.3 Å². The fourth-order valence-corrected chi connectivity index (χ4v) is 0.834. The summed E-state index contributed by atoms with van der Waals surface area (Å²) < 4.78 is 0. The molecule has 1 heterocycles. The van der Waals surface area contributed by atoms with E-state index in [1.54, 1.807) is 7.05 Å². The van der Waals surface area contributed by atoms with Crippen molar-refractivity contribution in [3.05, 3.63) is 11.9 Å². The summed E-state index contributed by atoms with van der Waals surface area (Å²) in [5.41, 5.74) is 0.0992. The second-order valence-electron chi connectivity index (χ2n) is 2.80. The number of hydrogen-bond acceptors (Lipinski definition) is 5. The van der Waals surface area contributed by atoms with Gasteiger partial charge >= 0.3 is 0 Å². The minimum Gasteiger partial charge on any atom is -0.292 e. The molecule has 6 nitrogen and oxygen atoms in total. The van der Waals surface area contributed by atoms with Crippen LogP contribution in [0.1, 0.15) is 23.8 Å². The fourth-order valence-electron chi connectivity index (χ4n) is 0.834. The SMILES string of the molecule is CC(=O)C(=O)CC(=O)c1cnn(C)n1. The molecule has 0 aliphatic heterocycles. The van der Waals surface area contributed by atoms with Crippen molar-refractivity contribution in [2.75, 3.05) is 0 Å². The number of aryl methyl sites for hydroxylation is 1. The van der Waals surface area contributed by atoms with E-state index in [2.05, 4.69) is 10.2 Å². The Hall–Kier alpha value is -1.85. The monoisotopic (exact) mass is 195 g/mol. The van der Waals surface area contributed by atoms with Gasteiger partial charge in [0.1, 0.15) is 5.69 Å². The van der Waals surface area contributed by atoms with Gasteiger partial charge in [-0.05, 0) is 0 Å². The highest BCUT2D eigenvalue weighted by atomic mass is 16.2. The van der Waals surface area contributed by atoms with Gasteiger partial charge in [-0.15, -0.1) is 0 Å². The summed E-state index contributed by atoms with van der Waals surface area (Å²) in [6.45, 7) is 1.13. The highest BCUT2D eigenvalue weighted by molar-refractivity contribution is 6.40. The molecule has 0 saturated heterocycles. The molecule has 14 heavy (non-hydrogen) atoms. The van der Waals surface area contributed by atoms with Gasteiger partial charge in [0.25, 0.3) is 0 Å². The number of carbonyl (C=O) groups excluding carboxylic acids is 3. The molecule has 0 bridgehead atoms. The first-order valence-electron chi connectivity index (χ1n) is 3.94. The van der Waals surface area contributed by atoms with Crippen LogP contribution in [0.5, 0.6) is 0 Å². The molecule has 0 aliphatic carbocycles. The maximum absolute atomic E-state index is 11.3. The van der Waals surface area contributed by atoms with Crippen molar-refractivity contribution in [3.8, 4) is 0 Å². The molecule has 0 unspecified atom stereocenters. The van der Waals surface area contributed by atoms with E-state index >= 15 is 0 Å². The van der Waals surface area contributed by atoms with E-state index in [0.717, 1.165) is 6.92 Å². The summed E-state index contributed by atoms with van der Waals surface area (Å²) in [6.07, 6.45) is 0.823. The third kappa shape index (κ3) is 2.32. The van der Waals surface area contributed by atoms with Crippen LogP contribution in [0.25, 0.3) is 0 Å². The number of rotatable bonds is 4. The molecule has 0 aliphatic rings. The molecule has 0 radical (unpaired) electrons. The zero-order valence-corrected chi connectivity index (χ0v) is 7.85. The molecule has 1 aromatic heterocycles. The molecule has 6 heteroatoms. The van der Waals surface area contributed by atoms with E-state index in [1.165, 1.54) is 11.0 Å². The van der Waals surface area contributed by atoms with Crippen molar-refractivity contribution in [1.29, 1.82) is 0 Å². The van der Waals surface area contributed by atoms with Crippen LogP contribution in [0.15, 0.2) is 6.20 Å². The summed E-state index contributed by atoms with van der Waals surface area (Å²) in [4.78, 5) is 34.0. The standard InChI is InChI=1S/C8H9N3O3/c1-5(12)7(13)3-8(14)6-4-9-11(2)10-6/h4H,3H2,1-2H3. The van der Waals surface area contributed by atoms with Crippen LogP contribution in [-0.4, -0.2) is 32.3 Å². The van der Waals surface area contributed by atoms with E-state index in [0.29, 0.717) is 0 Å². The van der Waals surface area contributed by atoms with Crippen molar-refractivity contribution in [1.82, 2.24) is 15.0 Å². The normalized spacial score (nSPS) is 9.86. The lowest BCUT2D eigenvalue weighted by atomic mass is 10.1. The Morgan fingerprint density at radius 2 is 2.07 bits per heavy atom. The van der Waals surface area contributed by atoms with Crippen molar-refractivity contribution >= 4 is 17.3 Å². The summed E-state index contributed by atoms with van der Waals surface area (Å²) in [5, 5.41) is 7.39. The van der Waals surface area contributed by atoms with E-state index in [-0.39, 0.29) is 5.69 Å². The maximum Gasteiger partial charge on any atom is 0.205 e. The lowest BCUT2D eigenvalue weighted by Gasteiger charge is -1.92. The second kappa shape index (κ2) is 3.91. The molecule has 74 valence electrons. The van der Waals surface area contributed by atoms with Gasteiger partial charge in [-0.1, -0.05) is 0 Å². The van der Waals surface area contributed by atoms with Crippen LogP contribution in [0, 0.1) is 0 Å². The minimum atomic E-state index is -0.708. The van der Waals surface area contributed by atoms with Gasteiger partial charge in [-0.25, -0.2) is 0 Å². The summed E-state index contributed by atoms with van der Waals surface area (Å²) >= 11 is 0. The van der Waals surface area contributed by atoms with Crippen LogP contribution < -0.4 is 0 Å². The highest BCUT2D eigenvalue weighted by Gasteiger charge is 2.17. The Bertz CT molecular complexity index is 394. The number of carbonyl (C=O) groups is 3. The molecule has 0 fully saturated rings. The molecule has 0 amide bonds. The third-order valence-electron chi connectivity index (χ3n) is 1.60. The quantitative estimate of drug-likeness (QED) is 0.369. The Kier molecular flexibility index (Phi) is 2.85. The topological polar surface area (TPSA) is 81.9 Å². The molecule has 1 rings (SSSR count). The maximum atomic E-state index is 11.3. The molecule has 1 aromatic rings.